The zero-order chi connectivity index (χ0) is 19.6. The molecule has 1 amide bonds. The molecule has 2 aromatic carbocycles. The van der Waals surface area contributed by atoms with E-state index in [0.717, 1.165) is 16.9 Å². The first-order valence-electron chi connectivity index (χ1n) is 9.32. The molecule has 144 valence electrons. The van der Waals surface area contributed by atoms with Crippen molar-refractivity contribution in [1.82, 2.24) is 10.2 Å². The predicted octanol–water partition coefficient (Wildman–Crippen LogP) is 3.63. The average Bonchev–Trinajstić information content (AvgIpc) is 2.69. The van der Waals surface area contributed by atoms with E-state index in [-0.39, 0.29) is 11.9 Å². The zero-order valence-electron chi connectivity index (χ0n) is 16.3. The molecular formula is C22H28N2O2S. The predicted molar refractivity (Wildman–Crippen MR) is 114 cm³/mol. The molecule has 0 radical (unpaired) electrons. The quantitative estimate of drug-likeness (QED) is 0.671. The number of likely N-dealkylation sites (N-methyl/N-ethyl adjacent to an activating group) is 1. The second-order valence-corrected chi connectivity index (χ2v) is 6.84. The van der Waals surface area contributed by atoms with Crippen LogP contribution < -0.4 is 10.1 Å². The van der Waals surface area contributed by atoms with Crippen LogP contribution in [0.3, 0.4) is 0 Å². The minimum atomic E-state index is -0.363. The highest BCUT2D eigenvalue weighted by atomic mass is 32.1. The number of rotatable bonds is 9. The van der Waals surface area contributed by atoms with Crippen LogP contribution in [0.5, 0.6) is 5.75 Å². The van der Waals surface area contributed by atoms with E-state index in [1.165, 1.54) is 0 Å². The SMILES string of the molecule is CCN(CC)C(=O)[C@H](Cc1ccccc1)NC(=S)Cc1ccc(OC)cc1. The van der Waals surface area contributed by atoms with E-state index in [1.54, 1.807) is 7.11 Å². The van der Waals surface area contributed by atoms with Gasteiger partial charge in [-0.2, -0.15) is 0 Å². The summed E-state index contributed by atoms with van der Waals surface area (Å²) in [7, 11) is 1.65. The number of hydrogen-bond acceptors (Lipinski definition) is 3. The van der Waals surface area contributed by atoms with Crippen molar-refractivity contribution < 1.29 is 9.53 Å². The maximum absolute atomic E-state index is 13.0. The second-order valence-electron chi connectivity index (χ2n) is 6.35. The van der Waals surface area contributed by atoms with Crippen LogP contribution in [-0.2, 0) is 17.6 Å². The highest BCUT2D eigenvalue weighted by Crippen LogP contribution is 2.13. The summed E-state index contributed by atoms with van der Waals surface area (Å²) in [6.07, 6.45) is 1.20. The van der Waals surface area contributed by atoms with Crippen molar-refractivity contribution in [3.05, 3.63) is 65.7 Å². The fraction of sp³-hybridized carbons (Fsp3) is 0.364. The lowest BCUT2D eigenvalue weighted by atomic mass is 10.0. The van der Waals surface area contributed by atoms with Gasteiger partial charge >= 0.3 is 0 Å². The van der Waals surface area contributed by atoms with Gasteiger partial charge in [0, 0.05) is 25.9 Å². The largest absolute Gasteiger partial charge is 0.497 e. The molecule has 5 heteroatoms. The first-order chi connectivity index (χ1) is 13.1. The van der Waals surface area contributed by atoms with Crippen molar-refractivity contribution >= 4 is 23.1 Å². The molecule has 4 nitrogen and oxygen atoms in total. The van der Waals surface area contributed by atoms with Gasteiger partial charge < -0.3 is 15.0 Å². The maximum atomic E-state index is 13.0. The lowest BCUT2D eigenvalue weighted by Crippen LogP contribution is -2.49. The summed E-state index contributed by atoms with van der Waals surface area (Å²) in [6, 6.07) is 17.5. The molecule has 0 saturated heterocycles. The van der Waals surface area contributed by atoms with Crippen molar-refractivity contribution in [3.8, 4) is 5.75 Å². The minimum absolute atomic E-state index is 0.0842. The molecule has 2 aromatic rings. The minimum Gasteiger partial charge on any atom is -0.497 e. The van der Waals surface area contributed by atoms with E-state index in [1.807, 2.05) is 73.3 Å². The summed E-state index contributed by atoms with van der Waals surface area (Å²) in [5.74, 6) is 0.900. The number of benzene rings is 2. The summed E-state index contributed by atoms with van der Waals surface area (Å²) in [5, 5.41) is 3.30. The fourth-order valence-corrected chi connectivity index (χ4v) is 3.29. The smallest absolute Gasteiger partial charge is 0.245 e. The molecule has 0 heterocycles. The highest BCUT2D eigenvalue weighted by molar-refractivity contribution is 7.80. The summed E-state index contributed by atoms with van der Waals surface area (Å²) < 4.78 is 5.19. The fourth-order valence-electron chi connectivity index (χ4n) is 2.98. The lowest BCUT2D eigenvalue weighted by Gasteiger charge is -2.27. The van der Waals surface area contributed by atoms with Crippen LogP contribution in [0.2, 0.25) is 0 Å². The number of amides is 1. The molecule has 27 heavy (non-hydrogen) atoms. The Morgan fingerprint density at radius 1 is 1.04 bits per heavy atom. The van der Waals surface area contributed by atoms with Crippen molar-refractivity contribution in [3.63, 3.8) is 0 Å². The number of methoxy groups -OCH3 is 1. The molecule has 0 spiro atoms. The Bertz CT molecular complexity index is 728. The standard InChI is InChI=1S/C22H28N2O2S/c1-4-24(5-2)22(25)20(15-17-9-7-6-8-10-17)23-21(27)16-18-11-13-19(26-3)14-12-18/h6-14,20H,4-5,15-16H2,1-3H3,(H,23,27)/t20-/m0/s1. The molecular weight excluding hydrogens is 356 g/mol. The Morgan fingerprint density at radius 2 is 1.67 bits per heavy atom. The lowest BCUT2D eigenvalue weighted by molar-refractivity contribution is -0.132. The van der Waals surface area contributed by atoms with Crippen LogP contribution >= 0.6 is 12.2 Å². The first kappa shape index (κ1) is 20.9. The number of hydrogen-bond donors (Lipinski definition) is 1. The normalized spacial score (nSPS) is 11.5. The molecule has 0 bridgehead atoms. The topological polar surface area (TPSA) is 41.6 Å². The Labute approximate surface area is 167 Å². The van der Waals surface area contributed by atoms with Gasteiger partial charge in [-0.15, -0.1) is 0 Å². The Morgan fingerprint density at radius 3 is 2.22 bits per heavy atom. The molecule has 2 rings (SSSR count). The highest BCUT2D eigenvalue weighted by Gasteiger charge is 2.23. The van der Waals surface area contributed by atoms with Crippen molar-refractivity contribution in [2.75, 3.05) is 20.2 Å². The second kappa shape index (κ2) is 10.7. The Kier molecular flexibility index (Phi) is 8.27. The first-order valence-corrected chi connectivity index (χ1v) is 9.73. The summed E-state index contributed by atoms with van der Waals surface area (Å²) in [6.45, 7) is 5.37. The third kappa shape index (κ3) is 6.36. The van der Waals surface area contributed by atoms with Gasteiger partial charge in [-0.3, -0.25) is 4.79 Å². The monoisotopic (exact) mass is 384 g/mol. The summed E-state index contributed by atoms with van der Waals surface area (Å²) >= 11 is 5.55. The molecule has 0 saturated carbocycles. The van der Waals surface area contributed by atoms with Crippen LogP contribution in [-0.4, -0.2) is 42.0 Å². The molecule has 0 aliphatic carbocycles. The van der Waals surface area contributed by atoms with Crippen LogP contribution in [0.15, 0.2) is 54.6 Å². The van der Waals surface area contributed by atoms with Gasteiger partial charge in [0.1, 0.15) is 11.8 Å². The molecule has 1 N–H and O–H groups in total. The Balaban J connectivity index is 2.09. The van der Waals surface area contributed by atoms with Gasteiger partial charge in [0.25, 0.3) is 0 Å². The summed E-state index contributed by atoms with van der Waals surface area (Å²) in [5.41, 5.74) is 2.20. The molecule has 0 aromatic heterocycles. The van der Waals surface area contributed by atoms with Gasteiger partial charge in [0.2, 0.25) is 5.91 Å². The number of carbonyl (C=O) groups excluding carboxylic acids is 1. The maximum Gasteiger partial charge on any atom is 0.245 e. The van der Waals surface area contributed by atoms with Crippen LogP contribution in [0.4, 0.5) is 0 Å². The van der Waals surface area contributed by atoms with E-state index in [9.17, 15) is 4.79 Å². The number of carbonyl (C=O) groups is 1. The van der Waals surface area contributed by atoms with Gasteiger partial charge in [-0.1, -0.05) is 54.7 Å². The number of ether oxygens (including phenoxy) is 1. The zero-order valence-corrected chi connectivity index (χ0v) is 17.1. The van der Waals surface area contributed by atoms with Crippen LogP contribution in [0.25, 0.3) is 0 Å². The van der Waals surface area contributed by atoms with Crippen LogP contribution in [0, 0.1) is 0 Å². The third-order valence-corrected chi connectivity index (χ3v) is 4.78. The van der Waals surface area contributed by atoms with Gasteiger partial charge in [0.05, 0.1) is 12.1 Å². The van der Waals surface area contributed by atoms with Crippen molar-refractivity contribution in [2.45, 2.75) is 32.7 Å². The molecule has 0 aliphatic rings. The van der Waals surface area contributed by atoms with E-state index in [4.69, 9.17) is 17.0 Å². The molecule has 0 aliphatic heterocycles. The van der Waals surface area contributed by atoms with E-state index < -0.39 is 0 Å². The summed E-state index contributed by atoms with van der Waals surface area (Å²) in [4.78, 5) is 15.5. The molecule has 0 fully saturated rings. The third-order valence-electron chi connectivity index (χ3n) is 4.51. The number of nitrogens with zero attached hydrogens (tertiary/aromatic N) is 1. The van der Waals surface area contributed by atoms with Crippen molar-refractivity contribution in [2.24, 2.45) is 0 Å². The van der Waals surface area contributed by atoms with E-state index in [0.29, 0.717) is 30.9 Å². The van der Waals surface area contributed by atoms with Crippen LogP contribution in [0.1, 0.15) is 25.0 Å². The average molecular weight is 385 g/mol. The van der Waals surface area contributed by atoms with E-state index in [2.05, 4.69) is 5.32 Å². The molecule has 0 unspecified atom stereocenters. The van der Waals surface area contributed by atoms with Crippen molar-refractivity contribution in [1.29, 1.82) is 0 Å². The van der Waals surface area contributed by atoms with Gasteiger partial charge in [-0.05, 0) is 37.1 Å². The van der Waals surface area contributed by atoms with Gasteiger partial charge in [0.15, 0.2) is 0 Å². The number of nitrogens with one attached hydrogen (secondary N) is 1. The molecule has 1 atom stereocenters. The number of thiocarbonyl (C=S) groups is 1. The van der Waals surface area contributed by atoms with E-state index >= 15 is 0 Å². The Hall–Kier alpha value is -2.40. The van der Waals surface area contributed by atoms with Gasteiger partial charge in [-0.25, -0.2) is 0 Å².